The highest BCUT2D eigenvalue weighted by Crippen LogP contribution is 2.47. The minimum Gasteiger partial charge on any atom is -0.355 e. The van der Waals surface area contributed by atoms with E-state index in [1.165, 1.54) is 0 Å². The van der Waals surface area contributed by atoms with Gasteiger partial charge in [-0.25, -0.2) is 0 Å². The van der Waals surface area contributed by atoms with E-state index in [-0.39, 0.29) is 46.6 Å². The van der Waals surface area contributed by atoms with E-state index in [9.17, 15) is 0 Å². The molecule has 1 aliphatic rings. The lowest BCUT2D eigenvalue weighted by molar-refractivity contribution is 0.332. The minimum absolute atomic E-state index is 0.155. The second-order valence-corrected chi connectivity index (χ2v) is 7.39. The van der Waals surface area contributed by atoms with Crippen molar-refractivity contribution in [3.63, 3.8) is 0 Å². The van der Waals surface area contributed by atoms with Crippen LogP contribution >= 0.6 is 0 Å². The van der Waals surface area contributed by atoms with Gasteiger partial charge in [0.1, 0.15) is 0 Å². The third kappa shape index (κ3) is 1.76. The molecule has 0 saturated heterocycles. The number of benzene rings is 2. The number of hydrogen-bond acceptors (Lipinski definition) is 0. The molecule has 0 unspecified atom stereocenters. The van der Waals surface area contributed by atoms with E-state index in [4.69, 9.17) is 8.22 Å². The molecule has 1 aliphatic carbocycles. The Hall–Kier alpha value is -1.76. The molecule has 1 aromatic heterocycles. The Kier molecular flexibility index (Phi) is 1.49. The third-order valence-electron chi connectivity index (χ3n) is 4.92. The summed E-state index contributed by atoms with van der Waals surface area (Å²) in [5, 5.41) is 0.753. The SMILES string of the molecule is [2H]c1c([2H])c([2H])c2c([nH]c3c([2H])c4c(c([2H])c32)C(C)(C)CCC4(C)C)c1[2H]. The fourth-order valence-electron chi connectivity index (χ4n) is 3.39. The van der Waals surface area contributed by atoms with Crippen LogP contribution in [0.4, 0.5) is 0 Å². The summed E-state index contributed by atoms with van der Waals surface area (Å²) in [5.74, 6) is 0. The monoisotopic (exact) mass is 283 g/mol. The second-order valence-electron chi connectivity index (χ2n) is 7.39. The van der Waals surface area contributed by atoms with E-state index < -0.39 is 0 Å². The summed E-state index contributed by atoms with van der Waals surface area (Å²) in [5.41, 5.74) is 1.91. The van der Waals surface area contributed by atoms with E-state index in [0.29, 0.717) is 22.3 Å². The van der Waals surface area contributed by atoms with Crippen molar-refractivity contribution in [2.45, 2.75) is 51.4 Å². The van der Waals surface area contributed by atoms with Crippen molar-refractivity contribution in [1.82, 2.24) is 4.98 Å². The Balaban J connectivity index is 2.33. The first-order chi connectivity index (χ1) is 12.4. The van der Waals surface area contributed by atoms with Crippen molar-refractivity contribution in [2.75, 3.05) is 0 Å². The molecule has 4 rings (SSSR count). The Morgan fingerprint density at radius 2 is 1.48 bits per heavy atom. The second kappa shape index (κ2) is 3.91. The molecule has 1 N–H and O–H groups in total. The van der Waals surface area contributed by atoms with Gasteiger partial charge in [-0.05, 0) is 52.9 Å². The van der Waals surface area contributed by atoms with Gasteiger partial charge in [0, 0.05) is 21.8 Å². The van der Waals surface area contributed by atoms with Gasteiger partial charge < -0.3 is 4.98 Å². The highest BCUT2D eigenvalue weighted by atomic mass is 14.7. The first kappa shape index (κ1) is 8.03. The van der Waals surface area contributed by atoms with Crippen LogP contribution in [0.3, 0.4) is 0 Å². The van der Waals surface area contributed by atoms with Gasteiger partial charge in [-0.3, -0.25) is 0 Å². The van der Waals surface area contributed by atoms with Gasteiger partial charge in [-0.1, -0.05) is 45.8 Å². The van der Waals surface area contributed by atoms with Crippen LogP contribution < -0.4 is 0 Å². The molecule has 0 spiro atoms. The smallest absolute Gasteiger partial charge is 0.0648 e. The Morgan fingerprint density at radius 3 is 2.19 bits per heavy atom. The standard InChI is InChI=1S/C20H23N/c1-19(2)9-10-20(3,4)16-12-18-14(11-15(16)19)13-7-5-6-8-17(13)21-18/h5-8,11-12,21H,9-10H2,1-4H3/i5D,6D,7D,8D,11D,12D. The number of rotatable bonds is 0. The molecule has 0 bridgehead atoms. The molecule has 0 radical (unpaired) electrons. The van der Waals surface area contributed by atoms with Crippen molar-refractivity contribution in [3.8, 4) is 0 Å². The van der Waals surface area contributed by atoms with Gasteiger partial charge >= 0.3 is 0 Å². The summed E-state index contributed by atoms with van der Waals surface area (Å²) in [6.07, 6.45) is 1.83. The van der Waals surface area contributed by atoms with Crippen LogP contribution in [-0.2, 0) is 10.8 Å². The number of H-pyrrole nitrogens is 1. The summed E-state index contributed by atoms with van der Waals surface area (Å²) >= 11 is 0. The van der Waals surface area contributed by atoms with Gasteiger partial charge in [0.15, 0.2) is 0 Å². The number of aromatic nitrogens is 1. The molecule has 2 aromatic carbocycles. The van der Waals surface area contributed by atoms with E-state index >= 15 is 0 Å². The Morgan fingerprint density at radius 1 is 0.857 bits per heavy atom. The van der Waals surface area contributed by atoms with Crippen LogP contribution in [0.2, 0.25) is 0 Å². The molecule has 0 amide bonds. The largest absolute Gasteiger partial charge is 0.355 e. The number of hydrogen-bond donors (Lipinski definition) is 1. The lowest BCUT2D eigenvalue weighted by Crippen LogP contribution is -2.33. The molecule has 108 valence electrons. The summed E-state index contributed by atoms with van der Waals surface area (Å²) in [7, 11) is 0. The number of nitrogens with one attached hydrogen (secondary N) is 1. The lowest BCUT2D eigenvalue weighted by Gasteiger charge is -2.41. The number of fused-ring (bicyclic) bond motifs is 4. The molecule has 0 atom stereocenters. The van der Waals surface area contributed by atoms with E-state index in [2.05, 4.69) is 32.7 Å². The molecule has 21 heavy (non-hydrogen) atoms. The highest BCUT2D eigenvalue weighted by molar-refractivity contribution is 6.07. The number of para-hydroxylation sites is 1. The van der Waals surface area contributed by atoms with E-state index in [1.54, 1.807) is 0 Å². The van der Waals surface area contributed by atoms with Gasteiger partial charge in [0.05, 0.1) is 8.22 Å². The summed E-state index contributed by atoms with van der Waals surface area (Å²) < 4.78 is 50.4. The van der Waals surface area contributed by atoms with Crippen molar-refractivity contribution in [3.05, 3.63) is 47.4 Å². The Bertz CT molecular complexity index is 1140. The van der Waals surface area contributed by atoms with Crippen LogP contribution in [0, 0.1) is 0 Å². The maximum atomic E-state index is 8.98. The number of aromatic amines is 1. The predicted molar refractivity (Wildman–Crippen MR) is 91.1 cm³/mol. The van der Waals surface area contributed by atoms with Crippen LogP contribution in [0.25, 0.3) is 21.8 Å². The van der Waals surface area contributed by atoms with Gasteiger partial charge in [0.25, 0.3) is 0 Å². The molecule has 1 heteroatoms. The topological polar surface area (TPSA) is 15.8 Å². The maximum Gasteiger partial charge on any atom is 0.0648 e. The predicted octanol–water partition coefficient (Wildman–Crippen LogP) is 5.67. The maximum absolute atomic E-state index is 8.98. The van der Waals surface area contributed by atoms with Crippen LogP contribution in [0.1, 0.15) is 59.9 Å². The fourth-order valence-corrected chi connectivity index (χ4v) is 3.39. The van der Waals surface area contributed by atoms with Crippen molar-refractivity contribution >= 4 is 21.8 Å². The van der Waals surface area contributed by atoms with E-state index in [0.717, 1.165) is 24.0 Å². The third-order valence-corrected chi connectivity index (χ3v) is 4.92. The average Bonchev–Trinajstić information content (AvgIpc) is 2.99. The molecule has 3 aromatic rings. The molecule has 0 saturated carbocycles. The summed E-state index contributed by atoms with van der Waals surface area (Å²) in [6, 6.07) is -0.332. The zero-order valence-corrected chi connectivity index (χ0v) is 12.9. The normalized spacial score (nSPS) is 23.8. The quantitative estimate of drug-likeness (QED) is 0.547. The van der Waals surface area contributed by atoms with Gasteiger partial charge in [-0.15, -0.1) is 0 Å². The molecule has 0 fully saturated rings. The fraction of sp³-hybridized carbons (Fsp3) is 0.400. The first-order valence-electron chi connectivity index (χ1n) is 10.5. The highest BCUT2D eigenvalue weighted by Gasteiger charge is 2.37. The zero-order chi connectivity index (χ0) is 20.0. The van der Waals surface area contributed by atoms with Gasteiger partial charge in [-0.2, -0.15) is 0 Å². The van der Waals surface area contributed by atoms with Crippen molar-refractivity contribution in [2.24, 2.45) is 0 Å². The van der Waals surface area contributed by atoms with Gasteiger partial charge in [0.2, 0.25) is 0 Å². The zero-order valence-electron chi connectivity index (χ0n) is 18.9. The molecule has 1 heterocycles. The molecule has 0 aliphatic heterocycles. The minimum atomic E-state index is -0.309. The Labute approximate surface area is 134 Å². The molecule has 1 nitrogen and oxygen atoms in total. The first-order valence-corrected chi connectivity index (χ1v) is 7.46. The van der Waals surface area contributed by atoms with Crippen LogP contribution in [0.15, 0.2) is 36.3 Å². The van der Waals surface area contributed by atoms with Crippen LogP contribution in [0.5, 0.6) is 0 Å². The van der Waals surface area contributed by atoms with Crippen LogP contribution in [-0.4, -0.2) is 4.98 Å². The summed E-state index contributed by atoms with van der Waals surface area (Å²) in [4.78, 5) is 3.06. The van der Waals surface area contributed by atoms with E-state index in [1.807, 2.05) is 0 Å². The summed E-state index contributed by atoms with van der Waals surface area (Å²) in [6.45, 7) is 8.38. The molecular weight excluding hydrogens is 254 g/mol. The molecular formula is C20H23N. The van der Waals surface area contributed by atoms with Crippen molar-refractivity contribution < 1.29 is 8.22 Å². The average molecular weight is 283 g/mol. The lowest BCUT2D eigenvalue weighted by atomic mass is 9.63. The van der Waals surface area contributed by atoms with Crippen molar-refractivity contribution in [1.29, 1.82) is 0 Å².